The van der Waals surface area contributed by atoms with E-state index in [1.165, 1.54) is 36.4 Å². The average Bonchev–Trinajstić information content (AvgIpc) is 1.27. The first-order valence-corrected chi connectivity index (χ1v) is 22.2. The molecule has 2 heterocycles. The number of phenolic OH excluding ortho intramolecular Hbond substituents is 1. The molecule has 0 atom stereocenters. The summed E-state index contributed by atoms with van der Waals surface area (Å²) in [5, 5.41) is 13.2. The van der Waals surface area contributed by atoms with Crippen LogP contribution in [0.25, 0.3) is 72.7 Å². The number of hydrogen-bond acceptors (Lipinski definition) is 3. The molecule has 0 aliphatic carbocycles. The zero-order chi connectivity index (χ0) is 77.2. The van der Waals surface area contributed by atoms with E-state index >= 15 is 0 Å². The van der Waals surface area contributed by atoms with E-state index in [9.17, 15) is 9.22 Å². The molecule has 8 rings (SSSR count). The van der Waals surface area contributed by atoms with Crippen LogP contribution in [0.15, 0.2) is 127 Å². The Balaban J connectivity index is 1.66. The lowest BCUT2D eigenvalue weighted by Crippen LogP contribution is -2.17. The molecule has 0 bridgehead atoms. The number of rotatable bonds is 7. The van der Waals surface area contributed by atoms with Crippen molar-refractivity contribution in [3.05, 3.63) is 166 Å². The number of nitrogens with zero attached hydrogens (tertiary/aromatic N) is 3. The summed E-state index contributed by atoms with van der Waals surface area (Å²) in [4.78, 5) is 9.68. The van der Waals surface area contributed by atoms with Crippen molar-refractivity contribution in [2.24, 2.45) is 5.41 Å². The maximum Gasteiger partial charge on any atom is 0.149 e. The van der Waals surface area contributed by atoms with Gasteiger partial charge in [-0.1, -0.05) is 182 Å². The second kappa shape index (κ2) is 17.6. The predicted octanol–water partition coefficient (Wildman–Crippen LogP) is 17.9. The average molecular weight is 947 g/mol. The summed E-state index contributed by atoms with van der Waals surface area (Å²) < 4.78 is 285. The van der Waals surface area contributed by atoms with Gasteiger partial charge in [-0.25, -0.2) is 4.98 Å². The summed E-state index contributed by atoms with van der Waals surface area (Å²) in [5.41, 5.74) is -17.1. The second-order valence-electron chi connectivity index (χ2n) is 20.6. The number of phenols is 1. The number of aryl methyl sites for hydroxylation is 2. The van der Waals surface area contributed by atoms with Gasteiger partial charge in [-0.3, -0.25) is 9.55 Å². The number of para-hydroxylation sites is 1. The van der Waals surface area contributed by atoms with Crippen molar-refractivity contribution in [2.75, 3.05) is 0 Å². The molecule has 1 N–H and O–H groups in total. The molecule has 6 aromatic carbocycles. The molecule has 2 aromatic heterocycles. The lowest BCUT2D eigenvalue weighted by molar-refractivity contribution is 0.411. The van der Waals surface area contributed by atoms with E-state index in [0.29, 0.717) is 17.2 Å². The van der Waals surface area contributed by atoms with Gasteiger partial charge in [0, 0.05) is 64.1 Å². The molecule has 356 valence electrons. The third kappa shape index (κ3) is 10.1. The van der Waals surface area contributed by atoms with Gasteiger partial charge in [0.05, 0.1) is 36.2 Å². The molecule has 69 heavy (non-hydrogen) atoms. The van der Waals surface area contributed by atoms with E-state index in [-0.39, 0.29) is 67.4 Å². The molecule has 0 spiro atoms. The molecule has 0 saturated heterocycles. The SMILES string of the molecule is [2H]c1cc(C([2H])([2H])C(C)(C)C)cc(C([2H])([2H])[2H])c1-c1cc(-c2cc(-c3cccc4c3nc(-c3cc(C(C([2H])([2H])[2H])(C([2H])([2H])[2H])C([2H])([2H])[2H])cc(C(C([2H])([2H])[2H])(C([2H])([2H])[2H])C([2H])([2H])[2H])c3O)n4-c3ccc(C(C)(C)C)cc3-c3c([2H])c([2H])c([2H])c([2H])c3[2H])cc(C(C)(C)C)c2)ncc1C([2H])([2H])[2H]. The van der Waals surface area contributed by atoms with Crippen LogP contribution >= 0.6 is 0 Å². The smallest absolute Gasteiger partial charge is 0.149 e. The number of hydrogen-bond donors (Lipinski definition) is 1. The molecule has 8 aromatic rings. The maximum atomic E-state index is 13.2. The molecule has 0 aliphatic heterocycles. The summed E-state index contributed by atoms with van der Waals surface area (Å²) in [7, 11) is 0. The van der Waals surface area contributed by atoms with Crippen LogP contribution in [0, 0.1) is 19.1 Å². The normalized spacial score (nSPS) is 21.3. The largest absolute Gasteiger partial charge is 0.507 e. The van der Waals surface area contributed by atoms with Gasteiger partial charge >= 0.3 is 0 Å². The van der Waals surface area contributed by atoms with Crippen molar-refractivity contribution in [1.82, 2.24) is 14.5 Å². The Hall–Kier alpha value is -6.26. The van der Waals surface area contributed by atoms with Crippen LogP contribution in [0.1, 0.15) is 186 Å². The van der Waals surface area contributed by atoms with Crippen LogP contribution in [0.3, 0.4) is 0 Å². The fourth-order valence-electron chi connectivity index (χ4n) is 8.26. The zero-order valence-electron chi connectivity index (χ0n) is 71.9. The van der Waals surface area contributed by atoms with Crippen LogP contribution < -0.4 is 0 Å². The fourth-order valence-corrected chi connectivity index (χ4v) is 8.26. The predicted molar refractivity (Wildman–Crippen MR) is 295 cm³/mol. The molecule has 0 fully saturated rings. The summed E-state index contributed by atoms with van der Waals surface area (Å²) in [6.45, 7) is -16.1. The van der Waals surface area contributed by atoms with E-state index in [0.717, 1.165) is 22.9 Å². The van der Waals surface area contributed by atoms with Gasteiger partial charge in [-0.15, -0.1) is 0 Å². The van der Waals surface area contributed by atoms with Crippen LogP contribution in [0.4, 0.5) is 0 Å². The summed E-state index contributed by atoms with van der Waals surface area (Å²) in [6, 6.07) is 13.5. The lowest BCUT2D eigenvalue weighted by atomic mass is 9.79. The Morgan fingerprint density at radius 2 is 1.26 bits per heavy atom. The zero-order valence-corrected chi connectivity index (χ0v) is 39.9. The Bertz CT molecular complexity index is 4490. The molecule has 4 nitrogen and oxygen atoms in total. The number of aromatic nitrogens is 3. The minimum atomic E-state index is -4.36. The highest BCUT2D eigenvalue weighted by Gasteiger charge is 2.30. The summed E-state index contributed by atoms with van der Waals surface area (Å²) in [5.74, 6) is -2.39. The Morgan fingerprint density at radius 1 is 0.580 bits per heavy atom. The van der Waals surface area contributed by atoms with Gasteiger partial charge in [0.1, 0.15) is 11.6 Å². The molecular weight excluding hydrogens is 839 g/mol. The standard InChI is InChI=1S/C65H75N3O/c1-40-30-42(38-61(3,4)5)26-28-49(40)51-37-55(66-39-41(51)2)45-31-44(32-47(33-45)63(9,10)11)50-24-21-25-57-58(50)67-60(53-35-48(64(12,13)14)36-54(59(53)69)65(15,16)17)68(57)56-29-27-46(62(6,7)8)34-52(56)43-22-19-18-20-23-43/h18-37,39,69H,38H2,1-17H3/i1D3,2D3,12D3,13D3,14D3,15D3,16D3,17D3,18D,19D,20D,22D,23D,28D,38D2. The number of benzene rings is 6. The molecule has 4 heteroatoms. The van der Waals surface area contributed by atoms with Gasteiger partial charge in [0.25, 0.3) is 0 Å². The monoisotopic (exact) mass is 946 g/mol. The van der Waals surface area contributed by atoms with Gasteiger partial charge in [-0.05, 0) is 145 Å². The topological polar surface area (TPSA) is 50.9 Å². The van der Waals surface area contributed by atoms with E-state index in [4.69, 9.17) is 44.7 Å². The number of fused-ring (bicyclic) bond motifs is 1. The van der Waals surface area contributed by atoms with Crippen molar-refractivity contribution in [2.45, 2.75) is 145 Å². The lowest BCUT2D eigenvalue weighted by Gasteiger charge is -2.28. The Morgan fingerprint density at radius 3 is 1.93 bits per heavy atom. The molecule has 0 saturated carbocycles. The van der Waals surface area contributed by atoms with E-state index in [1.54, 1.807) is 65.8 Å². The molecule has 0 unspecified atom stereocenters. The van der Waals surface area contributed by atoms with Gasteiger partial charge in [0.2, 0.25) is 0 Å². The van der Waals surface area contributed by atoms with Crippen molar-refractivity contribution in [3.8, 4) is 67.5 Å². The Kier molecular flexibility index (Phi) is 5.90. The maximum absolute atomic E-state index is 13.2. The molecule has 0 radical (unpaired) electrons. The highest BCUT2D eigenvalue weighted by Crippen LogP contribution is 2.46. The van der Waals surface area contributed by atoms with E-state index in [2.05, 4.69) is 4.98 Å². The van der Waals surface area contributed by atoms with Crippen molar-refractivity contribution in [3.63, 3.8) is 0 Å². The minimum Gasteiger partial charge on any atom is -0.507 e. The highest BCUT2D eigenvalue weighted by molar-refractivity contribution is 5.98. The Labute approximate surface area is 458 Å². The minimum absolute atomic E-state index is 0.0114. The van der Waals surface area contributed by atoms with Gasteiger partial charge in [-0.2, -0.15) is 0 Å². The third-order valence-corrected chi connectivity index (χ3v) is 11.8. The van der Waals surface area contributed by atoms with Crippen molar-refractivity contribution >= 4 is 11.0 Å². The third-order valence-electron chi connectivity index (χ3n) is 11.8. The summed E-state index contributed by atoms with van der Waals surface area (Å²) in [6.07, 6.45) is -1.21. The second-order valence-corrected chi connectivity index (χ2v) is 20.6. The molecule has 0 aliphatic rings. The number of imidazole rings is 1. The first-order chi connectivity index (χ1) is 45.3. The highest BCUT2D eigenvalue weighted by atomic mass is 16.3. The van der Waals surface area contributed by atoms with Crippen LogP contribution in [0.5, 0.6) is 5.75 Å². The van der Waals surface area contributed by atoms with Crippen molar-refractivity contribution in [1.29, 1.82) is 0 Å². The first-order valence-electron chi connectivity index (χ1n) is 38.2. The summed E-state index contributed by atoms with van der Waals surface area (Å²) >= 11 is 0. The van der Waals surface area contributed by atoms with Crippen LogP contribution in [-0.4, -0.2) is 19.6 Å². The quantitative estimate of drug-likeness (QED) is 0.173. The molecular formula is C65H75N3O. The van der Waals surface area contributed by atoms with Crippen molar-refractivity contribution < 1.29 is 49.0 Å². The van der Waals surface area contributed by atoms with E-state index < -0.39 is 169 Å². The van der Waals surface area contributed by atoms with Crippen LogP contribution in [-0.2, 0) is 28.0 Å². The number of aromatic hydroxyl groups is 1. The van der Waals surface area contributed by atoms with Crippen LogP contribution in [0.2, 0.25) is 0 Å². The molecule has 0 amide bonds. The number of pyridine rings is 1. The van der Waals surface area contributed by atoms with Gasteiger partial charge in [0.15, 0.2) is 0 Å². The van der Waals surface area contributed by atoms with Gasteiger partial charge < -0.3 is 5.11 Å². The first kappa shape index (κ1) is 23.1. The fraction of sp³-hybridized carbons (Fsp3) is 0.354. The van der Waals surface area contributed by atoms with E-state index in [1.807, 2.05) is 20.8 Å².